The van der Waals surface area contributed by atoms with E-state index in [1.54, 1.807) is 37.1 Å². The van der Waals surface area contributed by atoms with E-state index in [0.717, 1.165) is 5.56 Å². The number of anilines is 1. The fraction of sp³-hybridized carbons (Fsp3) is 0.500. The fourth-order valence-corrected chi connectivity index (χ4v) is 2.04. The molecule has 0 saturated carbocycles. The Balaban J connectivity index is 2.62. The summed E-state index contributed by atoms with van der Waals surface area (Å²) in [4.78, 5) is 36.9. The summed E-state index contributed by atoms with van der Waals surface area (Å²) in [6.45, 7) is 9.21. The predicted molar refractivity (Wildman–Crippen MR) is 98.1 cm³/mol. The third-order valence-corrected chi connectivity index (χ3v) is 3.38. The first-order valence-electron chi connectivity index (χ1n) is 8.18. The molecule has 0 aliphatic rings. The molecule has 0 aliphatic carbocycles. The molecule has 4 amide bonds. The van der Waals surface area contributed by atoms with Crippen molar-refractivity contribution in [1.82, 2.24) is 15.5 Å². The van der Waals surface area contributed by atoms with Gasteiger partial charge in [0.25, 0.3) is 0 Å². The molecule has 0 aromatic heterocycles. The molecule has 0 bridgehead atoms. The van der Waals surface area contributed by atoms with Crippen LogP contribution in [0.5, 0.6) is 0 Å². The van der Waals surface area contributed by atoms with Gasteiger partial charge in [0.2, 0.25) is 11.8 Å². The van der Waals surface area contributed by atoms with Crippen molar-refractivity contribution >= 4 is 23.5 Å². The molecule has 25 heavy (non-hydrogen) atoms. The summed E-state index contributed by atoms with van der Waals surface area (Å²) in [6.07, 6.45) is 0. The van der Waals surface area contributed by atoms with Crippen molar-refractivity contribution in [3.8, 4) is 0 Å². The summed E-state index contributed by atoms with van der Waals surface area (Å²) in [5, 5.41) is 8.11. The lowest BCUT2D eigenvalue weighted by molar-refractivity contribution is -0.128. The minimum Gasteiger partial charge on any atom is -0.350 e. The molecule has 1 aromatic carbocycles. The Hall–Kier alpha value is -2.57. The lowest BCUT2D eigenvalue weighted by Gasteiger charge is -2.23. The fourth-order valence-electron chi connectivity index (χ4n) is 2.04. The van der Waals surface area contributed by atoms with Gasteiger partial charge < -0.3 is 20.9 Å². The largest absolute Gasteiger partial charge is 0.350 e. The molecule has 1 atom stereocenters. The van der Waals surface area contributed by atoms with Crippen LogP contribution in [0.1, 0.15) is 40.2 Å². The standard InChI is InChI=1S/C18H28N4O3/c1-12(16(24)21-18(3,4)5)19-17(25)20-15-9-7-8-14(10-15)11-22(6)13(2)23/h7-10,12H,11H2,1-6H3,(H,21,24)(H2,19,20,25)/t12-/m1/s1. The second-order valence-electron chi connectivity index (χ2n) is 7.13. The molecular formula is C18H28N4O3. The molecule has 0 aliphatic heterocycles. The van der Waals surface area contributed by atoms with Crippen LogP contribution in [-0.2, 0) is 16.1 Å². The topological polar surface area (TPSA) is 90.5 Å². The van der Waals surface area contributed by atoms with E-state index in [0.29, 0.717) is 12.2 Å². The lowest BCUT2D eigenvalue weighted by atomic mass is 10.1. The maximum absolute atomic E-state index is 12.1. The van der Waals surface area contributed by atoms with Crippen LogP contribution in [0.4, 0.5) is 10.5 Å². The summed E-state index contributed by atoms with van der Waals surface area (Å²) in [5.41, 5.74) is 1.13. The van der Waals surface area contributed by atoms with Crippen molar-refractivity contribution in [2.45, 2.75) is 52.7 Å². The van der Waals surface area contributed by atoms with Crippen molar-refractivity contribution < 1.29 is 14.4 Å². The lowest BCUT2D eigenvalue weighted by Crippen LogP contribution is -2.51. The highest BCUT2D eigenvalue weighted by atomic mass is 16.2. The first kappa shape index (κ1) is 20.5. The van der Waals surface area contributed by atoms with Crippen LogP contribution >= 0.6 is 0 Å². The highest BCUT2D eigenvalue weighted by Crippen LogP contribution is 2.12. The Morgan fingerprint density at radius 1 is 1.20 bits per heavy atom. The SMILES string of the molecule is CC(=O)N(C)Cc1cccc(NC(=O)N[C@H](C)C(=O)NC(C)(C)C)c1. The maximum atomic E-state index is 12.1. The highest BCUT2D eigenvalue weighted by Gasteiger charge is 2.20. The first-order valence-corrected chi connectivity index (χ1v) is 8.18. The zero-order valence-corrected chi connectivity index (χ0v) is 15.8. The summed E-state index contributed by atoms with van der Waals surface area (Å²) in [5.74, 6) is -0.283. The van der Waals surface area contributed by atoms with Crippen LogP contribution < -0.4 is 16.0 Å². The third kappa shape index (κ3) is 7.69. The Kier molecular flexibility index (Phi) is 6.97. The summed E-state index contributed by atoms with van der Waals surface area (Å²) in [7, 11) is 1.71. The zero-order chi connectivity index (χ0) is 19.2. The van der Waals surface area contributed by atoms with Crippen LogP contribution in [0, 0.1) is 0 Å². The molecule has 1 aromatic rings. The number of nitrogens with zero attached hydrogens (tertiary/aromatic N) is 1. The van der Waals surface area contributed by atoms with E-state index in [4.69, 9.17) is 0 Å². The maximum Gasteiger partial charge on any atom is 0.319 e. The zero-order valence-electron chi connectivity index (χ0n) is 15.8. The Bertz CT molecular complexity index is 637. The number of hydrogen-bond donors (Lipinski definition) is 3. The summed E-state index contributed by atoms with van der Waals surface area (Å²) >= 11 is 0. The molecule has 0 heterocycles. The Labute approximate surface area is 149 Å². The van der Waals surface area contributed by atoms with Crippen LogP contribution in [0.15, 0.2) is 24.3 Å². The van der Waals surface area contributed by atoms with Gasteiger partial charge in [0, 0.05) is 31.7 Å². The summed E-state index contributed by atoms with van der Waals surface area (Å²) in [6, 6.07) is 6.09. The van der Waals surface area contributed by atoms with E-state index in [1.165, 1.54) is 6.92 Å². The average molecular weight is 348 g/mol. The number of carbonyl (C=O) groups is 3. The van der Waals surface area contributed by atoms with Gasteiger partial charge in [-0.05, 0) is 45.4 Å². The number of benzene rings is 1. The van der Waals surface area contributed by atoms with Gasteiger partial charge in [0.1, 0.15) is 6.04 Å². The van der Waals surface area contributed by atoms with Crippen molar-refractivity contribution in [3.05, 3.63) is 29.8 Å². The van der Waals surface area contributed by atoms with E-state index in [9.17, 15) is 14.4 Å². The molecule has 1 rings (SSSR count). The van der Waals surface area contributed by atoms with Crippen LogP contribution in [0.2, 0.25) is 0 Å². The minimum atomic E-state index is -0.661. The van der Waals surface area contributed by atoms with E-state index < -0.39 is 12.1 Å². The molecular weight excluding hydrogens is 320 g/mol. The van der Waals surface area contributed by atoms with Gasteiger partial charge in [-0.15, -0.1) is 0 Å². The highest BCUT2D eigenvalue weighted by molar-refractivity contribution is 5.93. The Morgan fingerprint density at radius 3 is 2.40 bits per heavy atom. The van der Waals surface area contributed by atoms with E-state index in [1.807, 2.05) is 26.8 Å². The molecule has 0 fully saturated rings. The van der Waals surface area contributed by atoms with E-state index in [-0.39, 0.29) is 17.4 Å². The smallest absolute Gasteiger partial charge is 0.319 e. The molecule has 0 unspecified atom stereocenters. The van der Waals surface area contributed by atoms with Crippen molar-refractivity contribution in [2.75, 3.05) is 12.4 Å². The summed E-state index contributed by atoms with van der Waals surface area (Å²) < 4.78 is 0. The second-order valence-corrected chi connectivity index (χ2v) is 7.13. The van der Waals surface area contributed by atoms with Crippen molar-refractivity contribution in [1.29, 1.82) is 0 Å². The number of carbonyl (C=O) groups excluding carboxylic acids is 3. The van der Waals surface area contributed by atoms with E-state index >= 15 is 0 Å². The van der Waals surface area contributed by atoms with Gasteiger partial charge in [-0.1, -0.05) is 12.1 Å². The van der Waals surface area contributed by atoms with Gasteiger partial charge in [-0.2, -0.15) is 0 Å². The molecule has 138 valence electrons. The van der Waals surface area contributed by atoms with Gasteiger partial charge in [0.15, 0.2) is 0 Å². The molecule has 7 heteroatoms. The average Bonchev–Trinajstić information content (AvgIpc) is 2.45. The van der Waals surface area contributed by atoms with Gasteiger partial charge >= 0.3 is 6.03 Å². The van der Waals surface area contributed by atoms with Gasteiger partial charge in [-0.3, -0.25) is 9.59 Å². The normalized spacial score (nSPS) is 12.1. The number of amides is 4. The van der Waals surface area contributed by atoms with E-state index in [2.05, 4.69) is 16.0 Å². The minimum absolute atomic E-state index is 0.0326. The van der Waals surface area contributed by atoms with Crippen LogP contribution in [0.3, 0.4) is 0 Å². The molecule has 3 N–H and O–H groups in total. The first-order chi connectivity index (χ1) is 11.5. The van der Waals surface area contributed by atoms with Gasteiger partial charge in [0.05, 0.1) is 0 Å². The number of hydrogen-bond acceptors (Lipinski definition) is 3. The number of rotatable bonds is 5. The van der Waals surface area contributed by atoms with Crippen LogP contribution in [-0.4, -0.2) is 41.4 Å². The van der Waals surface area contributed by atoms with Crippen molar-refractivity contribution in [3.63, 3.8) is 0 Å². The van der Waals surface area contributed by atoms with Crippen molar-refractivity contribution in [2.24, 2.45) is 0 Å². The third-order valence-electron chi connectivity index (χ3n) is 3.38. The number of nitrogens with one attached hydrogen (secondary N) is 3. The molecule has 0 saturated heterocycles. The second kappa shape index (κ2) is 8.50. The quantitative estimate of drug-likeness (QED) is 0.761. The Morgan fingerprint density at radius 2 is 1.84 bits per heavy atom. The monoisotopic (exact) mass is 348 g/mol. The molecule has 0 radical (unpaired) electrons. The molecule has 0 spiro atoms. The van der Waals surface area contributed by atoms with Gasteiger partial charge in [-0.25, -0.2) is 4.79 Å². The predicted octanol–water partition coefficient (Wildman–Crippen LogP) is 2.09. The van der Waals surface area contributed by atoms with Crippen LogP contribution in [0.25, 0.3) is 0 Å². The number of urea groups is 1. The molecule has 7 nitrogen and oxygen atoms in total.